The normalized spacial score (nSPS) is 13.5. The average Bonchev–Trinajstić information content (AvgIpc) is 2.58. The molecule has 0 radical (unpaired) electrons. The number of hydrogen-bond acceptors (Lipinski definition) is 3. The van der Waals surface area contributed by atoms with Crippen LogP contribution < -0.4 is 10.5 Å². The van der Waals surface area contributed by atoms with E-state index < -0.39 is 0 Å². The number of aromatic nitrogens is 1. The zero-order valence-electron chi connectivity index (χ0n) is 14.5. The second-order valence-electron chi connectivity index (χ2n) is 6.41. The summed E-state index contributed by atoms with van der Waals surface area (Å²) >= 11 is 0. The molecule has 0 saturated carbocycles. The highest BCUT2D eigenvalue weighted by Gasteiger charge is 2.12. The maximum atomic E-state index is 5.94. The van der Waals surface area contributed by atoms with E-state index in [-0.39, 0.29) is 0 Å². The summed E-state index contributed by atoms with van der Waals surface area (Å²) in [4.78, 5) is 4.34. The summed E-state index contributed by atoms with van der Waals surface area (Å²) in [6.07, 6.45) is 5.52. The van der Waals surface area contributed by atoms with E-state index >= 15 is 0 Å². The molecule has 0 spiro atoms. The molecule has 1 heterocycles. The number of benzene rings is 1. The van der Waals surface area contributed by atoms with Crippen molar-refractivity contribution in [3.8, 4) is 17.0 Å². The lowest BCUT2D eigenvalue weighted by Crippen LogP contribution is -2.16. The maximum Gasteiger partial charge on any atom is 0.119 e. The van der Waals surface area contributed by atoms with Crippen LogP contribution in [0, 0.1) is 11.8 Å². The van der Waals surface area contributed by atoms with Crippen molar-refractivity contribution in [3.63, 3.8) is 0 Å². The molecule has 2 rings (SSSR count). The Morgan fingerprint density at radius 2 is 1.78 bits per heavy atom. The third-order valence-electron chi connectivity index (χ3n) is 4.43. The number of hydrogen-bond donors (Lipinski definition) is 1. The van der Waals surface area contributed by atoms with Crippen LogP contribution in [0.1, 0.15) is 40.0 Å². The molecule has 3 nitrogen and oxygen atoms in total. The number of anilines is 1. The minimum absolute atomic E-state index is 0.569. The number of pyridine rings is 1. The topological polar surface area (TPSA) is 48.1 Å². The Bertz CT molecular complexity index is 578. The van der Waals surface area contributed by atoms with Gasteiger partial charge in [0.15, 0.2) is 0 Å². The molecule has 23 heavy (non-hydrogen) atoms. The van der Waals surface area contributed by atoms with Crippen molar-refractivity contribution in [1.82, 2.24) is 4.98 Å². The predicted octanol–water partition coefficient (Wildman–Crippen LogP) is 5.17. The zero-order valence-corrected chi connectivity index (χ0v) is 14.5. The van der Waals surface area contributed by atoms with Crippen molar-refractivity contribution in [3.05, 3.63) is 42.6 Å². The third-order valence-corrected chi connectivity index (χ3v) is 4.43. The molecule has 2 atom stereocenters. The quantitative estimate of drug-likeness (QED) is 0.731. The summed E-state index contributed by atoms with van der Waals surface area (Å²) in [6, 6.07) is 11.9. The minimum atomic E-state index is 0.569. The van der Waals surface area contributed by atoms with Crippen LogP contribution in [0.5, 0.6) is 5.75 Å². The Labute approximate surface area is 139 Å². The highest BCUT2D eigenvalue weighted by molar-refractivity contribution is 5.61. The second-order valence-corrected chi connectivity index (χ2v) is 6.41. The molecule has 0 aliphatic rings. The SMILES string of the molecule is CCCCC(C)C(C)COc1ccc(-c2ccc(N)cn2)cc1. The lowest BCUT2D eigenvalue weighted by atomic mass is 9.92. The van der Waals surface area contributed by atoms with Gasteiger partial charge in [0.2, 0.25) is 0 Å². The smallest absolute Gasteiger partial charge is 0.119 e. The molecule has 2 aromatic rings. The Morgan fingerprint density at radius 1 is 1.04 bits per heavy atom. The largest absolute Gasteiger partial charge is 0.493 e. The highest BCUT2D eigenvalue weighted by Crippen LogP contribution is 2.23. The first-order valence-electron chi connectivity index (χ1n) is 8.55. The Hall–Kier alpha value is -2.03. The Morgan fingerprint density at radius 3 is 2.39 bits per heavy atom. The third kappa shape index (κ3) is 5.27. The Balaban J connectivity index is 1.89. The van der Waals surface area contributed by atoms with E-state index in [9.17, 15) is 0 Å². The molecule has 2 N–H and O–H groups in total. The van der Waals surface area contributed by atoms with Crippen LogP contribution in [-0.2, 0) is 0 Å². The van der Waals surface area contributed by atoms with Crippen LogP contribution in [-0.4, -0.2) is 11.6 Å². The van der Waals surface area contributed by atoms with E-state index in [1.165, 1.54) is 19.3 Å². The van der Waals surface area contributed by atoms with E-state index in [1.807, 2.05) is 36.4 Å². The van der Waals surface area contributed by atoms with Gasteiger partial charge in [-0.3, -0.25) is 4.98 Å². The zero-order chi connectivity index (χ0) is 16.7. The van der Waals surface area contributed by atoms with Gasteiger partial charge in [-0.25, -0.2) is 0 Å². The molecule has 0 fully saturated rings. The van der Waals surface area contributed by atoms with Crippen molar-refractivity contribution < 1.29 is 4.74 Å². The molecule has 0 aliphatic heterocycles. The van der Waals surface area contributed by atoms with Crippen molar-refractivity contribution in [2.45, 2.75) is 40.0 Å². The highest BCUT2D eigenvalue weighted by atomic mass is 16.5. The first-order chi connectivity index (χ1) is 11.1. The predicted molar refractivity (Wildman–Crippen MR) is 97.4 cm³/mol. The van der Waals surface area contributed by atoms with Gasteiger partial charge in [0.25, 0.3) is 0 Å². The molecule has 124 valence electrons. The molecule has 1 aromatic heterocycles. The molecular weight excluding hydrogens is 284 g/mol. The van der Waals surface area contributed by atoms with E-state index in [1.54, 1.807) is 6.20 Å². The summed E-state index contributed by atoms with van der Waals surface area (Å²) in [7, 11) is 0. The van der Waals surface area contributed by atoms with E-state index in [4.69, 9.17) is 10.5 Å². The van der Waals surface area contributed by atoms with Crippen LogP contribution in [0.3, 0.4) is 0 Å². The van der Waals surface area contributed by atoms with E-state index in [0.29, 0.717) is 17.5 Å². The van der Waals surface area contributed by atoms with Crippen molar-refractivity contribution in [2.75, 3.05) is 12.3 Å². The molecule has 3 heteroatoms. The number of nitrogens with zero attached hydrogens (tertiary/aromatic N) is 1. The fraction of sp³-hybridized carbons (Fsp3) is 0.450. The lowest BCUT2D eigenvalue weighted by Gasteiger charge is -2.20. The van der Waals surface area contributed by atoms with Crippen molar-refractivity contribution >= 4 is 5.69 Å². The number of ether oxygens (including phenoxy) is 1. The van der Waals surface area contributed by atoms with Gasteiger partial charge in [-0.15, -0.1) is 0 Å². The number of nitrogen functional groups attached to an aromatic ring is 1. The summed E-state index contributed by atoms with van der Waals surface area (Å²) in [5, 5.41) is 0. The fourth-order valence-electron chi connectivity index (χ4n) is 2.50. The molecule has 0 aliphatic carbocycles. The summed E-state index contributed by atoms with van der Waals surface area (Å²) in [5.41, 5.74) is 8.34. The van der Waals surface area contributed by atoms with Gasteiger partial charge in [-0.05, 0) is 48.2 Å². The van der Waals surface area contributed by atoms with Gasteiger partial charge in [0.1, 0.15) is 5.75 Å². The van der Waals surface area contributed by atoms with Crippen LogP contribution >= 0.6 is 0 Å². The first-order valence-corrected chi connectivity index (χ1v) is 8.55. The van der Waals surface area contributed by atoms with Gasteiger partial charge < -0.3 is 10.5 Å². The van der Waals surface area contributed by atoms with Gasteiger partial charge in [-0.1, -0.05) is 40.0 Å². The van der Waals surface area contributed by atoms with Crippen LogP contribution in [0.4, 0.5) is 5.69 Å². The number of nitrogens with two attached hydrogens (primary N) is 1. The molecule has 0 bridgehead atoms. The van der Waals surface area contributed by atoms with Crippen molar-refractivity contribution in [2.24, 2.45) is 11.8 Å². The summed E-state index contributed by atoms with van der Waals surface area (Å²) in [6.45, 7) is 7.60. The van der Waals surface area contributed by atoms with Crippen molar-refractivity contribution in [1.29, 1.82) is 0 Å². The van der Waals surface area contributed by atoms with E-state index in [2.05, 4.69) is 25.8 Å². The van der Waals surface area contributed by atoms with Crippen LogP contribution in [0.2, 0.25) is 0 Å². The number of unbranched alkanes of at least 4 members (excludes halogenated alkanes) is 1. The summed E-state index contributed by atoms with van der Waals surface area (Å²) in [5.74, 6) is 2.19. The van der Waals surface area contributed by atoms with Gasteiger partial charge in [-0.2, -0.15) is 0 Å². The first kappa shape index (κ1) is 17.3. The summed E-state index contributed by atoms with van der Waals surface area (Å²) < 4.78 is 5.94. The van der Waals surface area contributed by atoms with E-state index in [0.717, 1.165) is 23.6 Å². The molecule has 0 amide bonds. The minimum Gasteiger partial charge on any atom is -0.493 e. The fourth-order valence-corrected chi connectivity index (χ4v) is 2.50. The van der Waals surface area contributed by atoms with Crippen LogP contribution in [0.15, 0.2) is 42.6 Å². The molecule has 1 aromatic carbocycles. The number of rotatable bonds is 8. The van der Waals surface area contributed by atoms with Crippen LogP contribution in [0.25, 0.3) is 11.3 Å². The molecule has 2 unspecified atom stereocenters. The van der Waals surface area contributed by atoms with Gasteiger partial charge in [0, 0.05) is 5.56 Å². The van der Waals surface area contributed by atoms with Gasteiger partial charge >= 0.3 is 0 Å². The standard InChI is InChI=1S/C20H28N2O/c1-4-5-6-15(2)16(3)14-23-19-10-7-17(8-11-19)20-12-9-18(21)13-22-20/h7-13,15-16H,4-6,14,21H2,1-3H3. The lowest BCUT2D eigenvalue weighted by molar-refractivity contribution is 0.208. The van der Waals surface area contributed by atoms with Gasteiger partial charge in [0.05, 0.1) is 24.2 Å². The monoisotopic (exact) mass is 312 g/mol. The average molecular weight is 312 g/mol. The maximum absolute atomic E-state index is 5.94. The molecular formula is C20H28N2O. The second kappa shape index (κ2) is 8.56. The molecule has 0 saturated heterocycles. The Kier molecular flexibility index (Phi) is 6.45.